The van der Waals surface area contributed by atoms with Gasteiger partial charge in [0.05, 0.1) is 6.04 Å². The quantitative estimate of drug-likeness (QED) is 0.917. The third kappa shape index (κ3) is 2.74. The molecule has 1 aliphatic heterocycles. The highest BCUT2D eigenvalue weighted by Crippen LogP contribution is 2.39. The molecule has 1 aromatic heterocycles. The number of aromatic nitrogens is 2. The summed E-state index contributed by atoms with van der Waals surface area (Å²) in [6.07, 6.45) is 9.23. The molecule has 3 rings (SSSR count). The Bertz CT molecular complexity index is 415. The number of nitrogens with one attached hydrogen (secondary N) is 1. The molecule has 1 aliphatic carbocycles. The Morgan fingerprint density at radius 1 is 1.25 bits per heavy atom. The summed E-state index contributed by atoms with van der Waals surface area (Å²) in [5.74, 6) is 1.51. The molecule has 0 amide bonds. The molecule has 5 heteroatoms. The fourth-order valence-electron chi connectivity index (χ4n) is 3.46. The fraction of sp³-hybridized carbons (Fsp3) is 0.867. The lowest BCUT2D eigenvalue weighted by Gasteiger charge is -2.34. The zero-order valence-electron chi connectivity index (χ0n) is 12.4. The Morgan fingerprint density at radius 3 is 2.80 bits per heavy atom. The molecule has 0 aromatic carbocycles. The van der Waals surface area contributed by atoms with Gasteiger partial charge in [0.25, 0.3) is 0 Å². The van der Waals surface area contributed by atoms with E-state index in [2.05, 4.69) is 15.5 Å². The van der Waals surface area contributed by atoms with E-state index in [0.29, 0.717) is 6.61 Å². The maximum absolute atomic E-state index is 6.05. The highest BCUT2D eigenvalue weighted by Gasteiger charge is 2.39. The minimum atomic E-state index is -0.302. The molecule has 1 saturated carbocycles. The fourth-order valence-corrected chi connectivity index (χ4v) is 3.46. The third-order valence-corrected chi connectivity index (χ3v) is 4.54. The summed E-state index contributed by atoms with van der Waals surface area (Å²) in [5, 5.41) is 7.71. The van der Waals surface area contributed by atoms with Gasteiger partial charge in [0.15, 0.2) is 0 Å². The van der Waals surface area contributed by atoms with Gasteiger partial charge in [-0.25, -0.2) is 0 Å². The summed E-state index contributed by atoms with van der Waals surface area (Å²) in [7, 11) is 0. The molecule has 0 unspecified atom stereocenters. The van der Waals surface area contributed by atoms with E-state index in [9.17, 15) is 0 Å². The molecule has 112 valence electrons. The third-order valence-electron chi connectivity index (χ3n) is 4.54. The van der Waals surface area contributed by atoms with Gasteiger partial charge in [0.1, 0.15) is 5.60 Å². The summed E-state index contributed by atoms with van der Waals surface area (Å²) >= 11 is 0. The highest BCUT2D eigenvalue weighted by atomic mass is 16.5. The van der Waals surface area contributed by atoms with Gasteiger partial charge in [-0.1, -0.05) is 30.8 Å². The van der Waals surface area contributed by atoms with Gasteiger partial charge in [-0.2, -0.15) is 4.98 Å². The van der Waals surface area contributed by atoms with Crippen molar-refractivity contribution in [3.05, 3.63) is 11.7 Å². The molecule has 2 heterocycles. The molecule has 20 heavy (non-hydrogen) atoms. The maximum Gasteiger partial charge on any atom is 0.243 e. The van der Waals surface area contributed by atoms with Crippen LogP contribution in [0.3, 0.4) is 0 Å². The van der Waals surface area contributed by atoms with Crippen molar-refractivity contribution in [3.8, 4) is 0 Å². The molecule has 5 nitrogen and oxygen atoms in total. The Hall–Kier alpha value is -0.940. The number of hydrogen-bond donors (Lipinski definition) is 1. The first-order valence-electron chi connectivity index (χ1n) is 8.05. The molecule has 1 atom stereocenters. The van der Waals surface area contributed by atoms with Gasteiger partial charge in [-0.3, -0.25) is 0 Å². The number of hydrogen-bond acceptors (Lipinski definition) is 5. The van der Waals surface area contributed by atoms with Gasteiger partial charge in [-0.15, -0.1) is 0 Å². The second kappa shape index (κ2) is 6.22. The number of rotatable bonds is 4. The lowest BCUT2D eigenvalue weighted by atomic mass is 9.84. The van der Waals surface area contributed by atoms with E-state index in [4.69, 9.17) is 9.26 Å². The molecule has 0 radical (unpaired) electrons. The smallest absolute Gasteiger partial charge is 0.243 e. The summed E-state index contributed by atoms with van der Waals surface area (Å²) in [6, 6.07) is 0.229. The molecule has 1 saturated heterocycles. The van der Waals surface area contributed by atoms with E-state index in [1.54, 1.807) is 0 Å². The first kappa shape index (κ1) is 14.0. The van der Waals surface area contributed by atoms with Crippen LogP contribution < -0.4 is 5.32 Å². The van der Waals surface area contributed by atoms with E-state index < -0.39 is 0 Å². The van der Waals surface area contributed by atoms with E-state index in [0.717, 1.165) is 37.5 Å². The van der Waals surface area contributed by atoms with Crippen LogP contribution in [-0.4, -0.2) is 23.3 Å². The van der Waals surface area contributed by atoms with Crippen molar-refractivity contribution in [1.82, 2.24) is 15.5 Å². The Labute approximate surface area is 120 Å². The van der Waals surface area contributed by atoms with Gasteiger partial charge in [0.2, 0.25) is 11.7 Å². The van der Waals surface area contributed by atoms with Gasteiger partial charge in [0, 0.05) is 6.61 Å². The molecular weight excluding hydrogens is 254 g/mol. The van der Waals surface area contributed by atoms with E-state index in [-0.39, 0.29) is 11.6 Å². The Morgan fingerprint density at radius 2 is 2.10 bits per heavy atom. The highest BCUT2D eigenvalue weighted by molar-refractivity contribution is 5.05. The molecule has 1 N–H and O–H groups in total. The summed E-state index contributed by atoms with van der Waals surface area (Å²) in [5.41, 5.74) is -0.302. The van der Waals surface area contributed by atoms with Crippen LogP contribution in [0.1, 0.15) is 76.0 Å². The molecule has 2 aliphatic rings. The van der Waals surface area contributed by atoms with Crippen molar-refractivity contribution < 1.29 is 9.26 Å². The van der Waals surface area contributed by atoms with Crippen LogP contribution in [0.15, 0.2) is 4.52 Å². The molecule has 0 bridgehead atoms. The first-order valence-corrected chi connectivity index (χ1v) is 8.05. The van der Waals surface area contributed by atoms with Crippen LogP contribution in [0, 0.1) is 0 Å². The van der Waals surface area contributed by atoms with Crippen molar-refractivity contribution in [2.24, 2.45) is 0 Å². The van der Waals surface area contributed by atoms with Crippen LogP contribution in [0.4, 0.5) is 0 Å². The van der Waals surface area contributed by atoms with Crippen LogP contribution >= 0.6 is 0 Å². The minimum absolute atomic E-state index is 0.229. The molecular formula is C15H25N3O2. The van der Waals surface area contributed by atoms with Crippen LogP contribution in [0.5, 0.6) is 0 Å². The van der Waals surface area contributed by atoms with Crippen molar-refractivity contribution in [1.29, 1.82) is 0 Å². The van der Waals surface area contributed by atoms with Crippen LogP contribution in [0.25, 0.3) is 0 Å². The lowest BCUT2D eigenvalue weighted by Crippen LogP contribution is -2.34. The zero-order valence-corrected chi connectivity index (χ0v) is 12.4. The summed E-state index contributed by atoms with van der Waals surface area (Å²) < 4.78 is 11.6. The molecule has 1 aromatic rings. The van der Waals surface area contributed by atoms with Gasteiger partial charge in [-0.05, 0) is 39.2 Å². The molecule has 2 fully saturated rings. The normalized spacial score (nSPS) is 26.6. The van der Waals surface area contributed by atoms with E-state index in [1.807, 2.05) is 6.92 Å². The largest absolute Gasteiger partial charge is 0.367 e. The standard InChI is InChI=1S/C15H25N3O2/c1-2-19-15(9-5-3-6-10-15)14-17-13(20-18-14)12-8-4-7-11-16-12/h12,16H,2-11H2,1H3/t12-/m1/s1. The predicted molar refractivity (Wildman–Crippen MR) is 75.3 cm³/mol. The molecule has 0 spiro atoms. The summed E-state index contributed by atoms with van der Waals surface area (Å²) in [6.45, 7) is 3.78. The second-order valence-electron chi connectivity index (χ2n) is 5.95. The van der Waals surface area contributed by atoms with Crippen molar-refractivity contribution >= 4 is 0 Å². The predicted octanol–water partition coefficient (Wildman–Crippen LogP) is 3.08. The Balaban J connectivity index is 1.79. The average Bonchev–Trinajstić information content (AvgIpc) is 3.00. The van der Waals surface area contributed by atoms with Crippen molar-refractivity contribution in [2.45, 2.75) is 69.9 Å². The maximum atomic E-state index is 6.05. The number of nitrogens with zero attached hydrogens (tertiary/aromatic N) is 2. The number of piperidine rings is 1. The topological polar surface area (TPSA) is 60.2 Å². The minimum Gasteiger partial charge on any atom is -0.367 e. The summed E-state index contributed by atoms with van der Waals surface area (Å²) in [4.78, 5) is 4.68. The van der Waals surface area contributed by atoms with Crippen LogP contribution in [-0.2, 0) is 10.3 Å². The van der Waals surface area contributed by atoms with Gasteiger partial charge < -0.3 is 14.6 Å². The zero-order chi connectivity index (χ0) is 13.8. The SMILES string of the molecule is CCOC1(c2noc([C@H]3CCCCN3)n2)CCCCC1. The van der Waals surface area contributed by atoms with Crippen molar-refractivity contribution in [2.75, 3.05) is 13.2 Å². The van der Waals surface area contributed by atoms with E-state index >= 15 is 0 Å². The second-order valence-corrected chi connectivity index (χ2v) is 5.95. The average molecular weight is 279 g/mol. The van der Waals surface area contributed by atoms with E-state index in [1.165, 1.54) is 32.1 Å². The lowest BCUT2D eigenvalue weighted by molar-refractivity contribution is -0.0777. The van der Waals surface area contributed by atoms with Crippen LogP contribution in [0.2, 0.25) is 0 Å². The monoisotopic (exact) mass is 279 g/mol. The Kier molecular flexibility index (Phi) is 4.36. The number of ether oxygens (including phenoxy) is 1. The van der Waals surface area contributed by atoms with Gasteiger partial charge >= 0.3 is 0 Å². The first-order chi connectivity index (χ1) is 9.84. The van der Waals surface area contributed by atoms with Crippen molar-refractivity contribution in [3.63, 3.8) is 0 Å².